The Kier molecular flexibility index (Phi) is 9.62. The van der Waals surface area contributed by atoms with Crippen molar-refractivity contribution in [1.29, 1.82) is 0 Å². The van der Waals surface area contributed by atoms with Gasteiger partial charge in [0.2, 0.25) is 0 Å². The summed E-state index contributed by atoms with van der Waals surface area (Å²) in [7, 11) is 4.22. The standard InChI is InChI=1S/C27H30ClFN4O2.2ClH/c1-33(2)14-15-3-7-18(8-4-15)31-24-19(26(34)16-5-6-16)13-30-23-10-9-22(32-25(23)24)17-11-20(28)27(35)21(29)12-17;;/h9-13,15-16,18,35H,3-8,14H2,1-2H3,(H,30,31);2*1H/t15-,18-;;. The molecule has 0 amide bonds. The number of pyridine rings is 2. The second-order valence-electron chi connectivity index (χ2n) is 10.2. The first kappa shape index (κ1) is 29.4. The van der Waals surface area contributed by atoms with Crippen molar-refractivity contribution in [3.8, 4) is 17.0 Å². The number of carbonyl (C=O) groups is 1. The van der Waals surface area contributed by atoms with E-state index in [0.29, 0.717) is 33.8 Å². The van der Waals surface area contributed by atoms with E-state index in [1.165, 1.54) is 12.1 Å². The van der Waals surface area contributed by atoms with Crippen molar-refractivity contribution in [2.75, 3.05) is 26.0 Å². The molecule has 10 heteroatoms. The minimum Gasteiger partial charge on any atom is -0.504 e. The number of aromatic nitrogens is 2. The van der Waals surface area contributed by atoms with Crippen molar-refractivity contribution >= 4 is 58.9 Å². The number of fused-ring (bicyclic) bond motifs is 1. The van der Waals surface area contributed by atoms with Crippen LogP contribution in [-0.4, -0.2) is 52.4 Å². The number of phenolic OH excluding ortho intramolecular Hbond substituents is 1. The first-order valence-corrected chi connectivity index (χ1v) is 12.6. The van der Waals surface area contributed by atoms with Crippen LogP contribution in [0, 0.1) is 17.7 Å². The third-order valence-corrected chi connectivity index (χ3v) is 7.35. The zero-order valence-electron chi connectivity index (χ0n) is 20.8. The lowest BCUT2D eigenvalue weighted by molar-refractivity contribution is 0.0968. The van der Waals surface area contributed by atoms with Crippen molar-refractivity contribution in [1.82, 2.24) is 14.9 Å². The number of phenols is 1. The van der Waals surface area contributed by atoms with Crippen molar-refractivity contribution in [2.45, 2.75) is 44.6 Å². The van der Waals surface area contributed by atoms with Gasteiger partial charge in [0.15, 0.2) is 17.3 Å². The maximum absolute atomic E-state index is 14.2. The number of nitrogens with one attached hydrogen (secondary N) is 1. The summed E-state index contributed by atoms with van der Waals surface area (Å²) >= 11 is 6.01. The number of hydrogen-bond acceptors (Lipinski definition) is 6. The summed E-state index contributed by atoms with van der Waals surface area (Å²) in [6, 6.07) is 6.51. The molecule has 2 saturated carbocycles. The Labute approximate surface area is 233 Å². The van der Waals surface area contributed by atoms with E-state index in [4.69, 9.17) is 16.6 Å². The highest BCUT2D eigenvalue weighted by Crippen LogP contribution is 2.38. The van der Waals surface area contributed by atoms with Crippen LogP contribution in [0.5, 0.6) is 5.75 Å². The minimum atomic E-state index is -0.807. The van der Waals surface area contributed by atoms with Gasteiger partial charge in [0.05, 0.1) is 27.5 Å². The van der Waals surface area contributed by atoms with E-state index in [1.54, 1.807) is 12.3 Å². The molecule has 5 rings (SSSR count). The van der Waals surface area contributed by atoms with Crippen LogP contribution in [0.3, 0.4) is 0 Å². The molecule has 3 aromatic rings. The normalized spacial score (nSPS) is 19.3. The number of halogens is 4. The number of aromatic hydroxyl groups is 1. The molecule has 0 bridgehead atoms. The smallest absolute Gasteiger partial charge is 0.170 e. The van der Waals surface area contributed by atoms with E-state index in [0.717, 1.165) is 50.8 Å². The molecule has 37 heavy (non-hydrogen) atoms. The van der Waals surface area contributed by atoms with Crippen LogP contribution >= 0.6 is 36.4 Å². The summed E-state index contributed by atoms with van der Waals surface area (Å²) in [6.45, 7) is 1.09. The van der Waals surface area contributed by atoms with E-state index in [-0.39, 0.29) is 47.6 Å². The van der Waals surface area contributed by atoms with Gasteiger partial charge in [-0.2, -0.15) is 0 Å². The summed E-state index contributed by atoms with van der Waals surface area (Å²) in [6.07, 6.45) is 7.80. The lowest BCUT2D eigenvalue weighted by Gasteiger charge is -2.31. The fourth-order valence-electron chi connectivity index (χ4n) is 5.05. The molecular formula is C27H32Cl3FN4O2. The highest BCUT2D eigenvalue weighted by atomic mass is 35.5. The third-order valence-electron chi connectivity index (χ3n) is 7.06. The SMILES string of the molecule is CN(C)C[C@H]1CC[C@H](Nc2c(C(=O)C3CC3)cnc3ccc(-c4cc(F)c(O)c(Cl)c4)nc23)CC1.Cl.Cl. The number of carbonyl (C=O) groups excluding carboxylic acids is 1. The molecule has 1 aromatic carbocycles. The molecule has 0 unspecified atom stereocenters. The van der Waals surface area contributed by atoms with Gasteiger partial charge in [0, 0.05) is 30.3 Å². The highest BCUT2D eigenvalue weighted by molar-refractivity contribution is 6.32. The van der Waals surface area contributed by atoms with Crippen LogP contribution in [0.2, 0.25) is 5.02 Å². The van der Waals surface area contributed by atoms with Gasteiger partial charge in [-0.25, -0.2) is 9.37 Å². The molecule has 2 aliphatic carbocycles. The summed E-state index contributed by atoms with van der Waals surface area (Å²) in [5, 5.41) is 13.3. The topological polar surface area (TPSA) is 78.4 Å². The Bertz CT molecular complexity index is 1250. The Balaban J connectivity index is 0.00000190. The van der Waals surface area contributed by atoms with Crippen molar-refractivity contribution in [3.63, 3.8) is 0 Å². The molecule has 0 atom stereocenters. The number of ketones is 1. The summed E-state index contributed by atoms with van der Waals surface area (Å²) in [4.78, 5) is 24.7. The molecule has 2 heterocycles. The minimum absolute atomic E-state index is 0. The van der Waals surface area contributed by atoms with Crippen LogP contribution in [0.25, 0.3) is 22.3 Å². The summed E-state index contributed by atoms with van der Waals surface area (Å²) in [5.74, 6) is -0.544. The van der Waals surface area contributed by atoms with Crippen LogP contribution < -0.4 is 5.32 Å². The van der Waals surface area contributed by atoms with Gasteiger partial charge in [0.25, 0.3) is 0 Å². The predicted octanol–water partition coefficient (Wildman–Crippen LogP) is 6.76. The average Bonchev–Trinajstić information content (AvgIpc) is 3.68. The van der Waals surface area contributed by atoms with Crippen LogP contribution in [0.4, 0.5) is 10.1 Å². The zero-order valence-corrected chi connectivity index (χ0v) is 23.2. The summed E-state index contributed by atoms with van der Waals surface area (Å²) in [5.41, 5.74) is 3.49. The van der Waals surface area contributed by atoms with E-state index in [1.807, 2.05) is 6.07 Å². The quantitative estimate of drug-likeness (QED) is 0.306. The van der Waals surface area contributed by atoms with E-state index in [9.17, 15) is 14.3 Å². The molecule has 200 valence electrons. The lowest BCUT2D eigenvalue weighted by atomic mass is 9.85. The molecule has 6 nitrogen and oxygen atoms in total. The second kappa shape index (κ2) is 12.1. The van der Waals surface area contributed by atoms with E-state index >= 15 is 0 Å². The van der Waals surface area contributed by atoms with E-state index in [2.05, 4.69) is 29.3 Å². The molecular weight excluding hydrogens is 538 g/mol. The second-order valence-corrected chi connectivity index (χ2v) is 10.6. The van der Waals surface area contributed by atoms with Crippen LogP contribution in [0.15, 0.2) is 30.5 Å². The first-order chi connectivity index (χ1) is 16.8. The molecule has 0 radical (unpaired) electrons. The Morgan fingerprint density at radius 2 is 1.84 bits per heavy atom. The number of rotatable bonds is 7. The van der Waals surface area contributed by atoms with Crippen molar-refractivity contribution in [2.24, 2.45) is 11.8 Å². The molecule has 0 saturated heterocycles. The van der Waals surface area contributed by atoms with Gasteiger partial charge in [-0.3, -0.25) is 9.78 Å². The maximum Gasteiger partial charge on any atom is 0.170 e. The molecule has 0 aliphatic heterocycles. The van der Waals surface area contributed by atoms with E-state index < -0.39 is 11.6 Å². The molecule has 2 aliphatic rings. The summed E-state index contributed by atoms with van der Waals surface area (Å²) < 4.78 is 14.2. The Hall–Kier alpha value is -2.19. The van der Waals surface area contributed by atoms with Gasteiger partial charge >= 0.3 is 0 Å². The molecule has 2 fully saturated rings. The number of anilines is 1. The van der Waals surface area contributed by atoms with Crippen LogP contribution in [0.1, 0.15) is 48.9 Å². The van der Waals surface area contributed by atoms with Gasteiger partial charge < -0.3 is 15.3 Å². The van der Waals surface area contributed by atoms with Crippen LogP contribution in [-0.2, 0) is 0 Å². The Morgan fingerprint density at radius 3 is 2.46 bits per heavy atom. The third kappa shape index (κ3) is 6.45. The predicted molar refractivity (Wildman–Crippen MR) is 151 cm³/mol. The fraction of sp³-hybridized carbons (Fsp3) is 0.444. The largest absolute Gasteiger partial charge is 0.504 e. The van der Waals surface area contributed by atoms with Crippen molar-refractivity contribution in [3.05, 3.63) is 46.9 Å². The van der Waals surface area contributed by atoms with Gasteiger partial charge in [-0.05, 0) is 82.8 Å². The highest BCUT2D eigenvalue weighted by Gasteiger charge is 2.33. The van der Waals surface area contributed by atoms with Crippen molar-refractivity contribution < 1.29 is 14.3 Å². The first-order valence-electron chi connectivity index (χ1n) is 12.2. The number of hydrogen-bond donors (Lipinski definition) is 2. The Morgan fingerprint density at radius 1 is 1.14 bits per heavy atom. The monoisotopic (exact) mass is 568 g/mol. The van der Waals surface area contributed by atoms with Gasteiger partial charge in [0.1, 0.15) is 5.52 Å². The number of nitrogens with zero attached hydrogens (tertiary/aromatic N) is 3. The maximum atomic E-state index is 14.2. The number of Topliss-reactive ketones (excluding diaryl/α,β-unsaturated/α-hetero) is 1. The molecule has 0 spiro atoms. The lowest BCUT2D eigenvalue weighted by Crippen LogP contribution is -2.31. The fourth-order valence-corrected chi connectivity index (χ4v) is 5.26. The average molecular weight is 570 g/mol. The molecule has 2 N–H and O–H groups in total. The molecule has 2 aromatic heterocycles. The van der Waals surface area contributed by atoms with Gasteiger partial charge in [-0.15, -0.1) is 24.8 Å². The zero-order chi connectivity index (χ0) is 24.7. The van der Waals surface area contributed by atoms with Gasteiger partial charge in [-0.1, -0.05) is 11.6 Å². The number of benzene rings is 1.